The Morgan fingerprint density at radius 1 is 1.69 bits per heavy atom. The average molecular weight is 180 g/mol. The maximum atomic E-state index is 10.8. The van der Waals surface area contributed by atoms with Gasteiger partial charge in [0.05, 0.1) is 19.1 Å². The quantitative estimate of drug-likeness (QED) is 0.502. The highest BCUT2D eigenvalue weighted by Crippen LogP contribution is 2.05. The Kier molecular flexibility index (Phi) is 2.84. The van der Waals surface area contributed by atoms with E-state index in [1.165, 1.54) is 13.2 Å². The van der Waals surface area contributed by atoms with Crippen molar-refractivity contribution in [3.8, 4) is 0 Å². The highest BCUT2D eigenvalue weighted by Gasteiger charge is 2.00. The van der Waals surface area contributed by atoms with Gasteiger partial charge in [-0.1, -0.05) is 0 Å². The van der Waals surface area contributed by atoms with Gasteiger partial charge in [-0.3, -0.25) is 0 Å². The molecule has 1 rings (SSSR count). The molecule has 0 spiro atoms. The van der Waals surface area contributed by atoms with Crippen LogP contribution in [0.1, 0.15) is 11.4 Å². The van der Waals surface area contributed by atoms with Crippen molar-refractivity contribution < 1.29 is 9.53 Å². The van der Waals surface area contributed by atoms with Crippen LogP contribution in [-0.2, 0) is 16.6 Å². The number of aryl methyl sites for hydroxylation is 1. The molecule has 0 bridgehead atoms. The molecule has 0 aliphatic carbocycles. The number of ether oxygens (including phenoxy) is 1. The number of imidazole rings is 1. The molecular weight excluding hydrogens is 168 g/mol. The number of hydrogen-bond acceptors (Lipinski definition) is 3. The van der Waals surface area contributed by atoms with E-state index in [1.807, 2.05) is 18.5 Å². The van der Waals surface area contributed by atoms with Crippen molar-refractivity contribution in [2.75, 3.05) is 7.11 Å². The summed E-state index contributed by atoms with van der Waals surface area (Å²) in [6, 6.07) is 0. The molecule has 0 atom stereocenters. The lowest BCUT2D eigenvalue weighted by Crippen LogP contribution is -1.94. The van der Waals surface area contributed by atoms with E-state index in [0.717, 1.165) is 11.4 Å². The van der Waals surface area contributed by atoms with E-state index in [9.17, 15) is 4.79 Å². The summed E-state index contributed by atoms with van der Waals surface area (Å²) in [5.41, 5.74) is 1.80. The second kappa shape index (κ2) is 3.89. The molecule has 0 saturated heterocycles. The van der Waals surface area contributed by atoms with Gasteiger partial charge in [0.1, 0.15) is 0 Å². The average Bonchev–Trinajstić information content (AvgIpc) is 2.44. The van der Waals surface area contributed by atoms with Crippen LogP contribution in [0.5, 0.6) is 0 Å². The van der Waals surface area contributed by atoms with Gasteiger partial charge in [0.15, 0.2) is 0 Å². The number of rotatable bonds is 2. The van der Waals surface area contributed by atoms with Crippen molar-refractivity contribution in [2.45, 2.75) is 6.92 Å². The third-order valence-corrected chi connectivity index (χ3v) is 1.85. The minimum atomic E-state index is -0.370. The first-order valence-electron chi connectivity index (χ1n) is 3.89. The molecule has 4 heteroatoms. The fourth-order valence-electron chi connectivity index (χ4n) is 0.888. The Hall–Kier alpha value is -1.58. The summed E-state index contributed by atoms with van der Waals surface area (Å²) in [5.74, 6) is -0.370. The summed E-state index contributed by atoms with van der Waals surface area (Å²) < 4.78 is 6.34. The Labute approximate surface area is 76.8 Å². The van der Waals surface area contributed by atoms with E-state index in [-0.39, 0.29) is 5.97 Å². The van der Waals surface area contributed by atoms with Crippen molar-refractivity contribution in [1.29, 1.82) is 0 Å². The minimum absolute atomic E-state index is 0.370. The number of esters is 1. The summed E-state index contributed by atoms with van der Waals surface area (Å²) in [5, 5.41) is 0. The van der Waals surface area contributed by atoms with Crippen LogP contribution in [-0.4, -0.2) is 22.6 Å². The third kappa shape index (κ3) is 2.18. The number of methoxy groups -OCH3 is 1. The Morgan fingerprint density at radius 3 is 2.85 bits per heavy atom. The fourth-order valence-corrected chi connectivity index (χ4v) is 0.888. The molecule has 0 fully saturated rings. The number of carbonyl (C=O) groups excluding carboxylic acids is 1. The zero-order chi connectivity index (χ0) is 9.84. The van der Waals surface area contributed by atoms with Crippen LogP contribution in [0, 0.1) is 6.92 Å². The highest BCUT2D eigenvalue weighted by molar-refractivity contribution is 5.86. The first-order chi connectivity index (χ1) is 6.15. The molecule has 1 aromatic rings. The molecule has 13 heavy (non-hydrogen) atoms. The summed E-state index contributed by atoms with van der Waals surface area (Å²) in [7, 11) is 3.25. The van der Waals surface area contributed by atoms with Crippen molar-refractivity contribution in [2.24, 2.45) is 7.05 Å². The molecule has 70 valence electrons. The maximum Gasteiger partial charge on any atom is 0.330 e. The monoisotopic (exact) mass is 180 g/mol. The summed E-state index contributed by atoms with van der Waals surface area (Å²) >= 11 is 0. The summed E-state index contributed by atoms with van der Waals surface area (Å²) in [4.78, 5) is 14.8. The Bertz CT molecular complexity index is 339. The van der Waals surface area contributed by atoms with Crippen LogP contribution in [0.4, 0.5) is 0 Å². The topological polar surface area (TPSA) is 44.1 Å². The van der Waals surface area contributed by atoms with Crippen molar-refractivity contribution in [3.63, 3.8) is 0 Å². The van der Waals surface area contributed by atoms with Gasteiger partial charge >= 0.3 is 5.97 Å². The van der Waals surface area contributed by atoms with Crippen molar-refractivity contribution in [1.82, 2.24) is 9.55 Å². The molecule has 0 radical (unpaired) electrons. The van der Waals surface area contributed by atoms with Gasteiger partial charge in [-0.25, -0.2) is 9.78 Å². The Morgan fingerprint density at radius 2 is 2.38 bits per heavy atom. The third-order valence-electron chi connectivity index (χ3n) is 1.85. The van der Waals surface area contributed by atoms with E-state index >= 15 is 0 Å². The molecule has 0 aliphatic rings. The van der Waals surface area contributed by atoms with Crippen LogP contribution < -0.4 is 0 Å². The molecular formula is C9H12N2O2. The molecule has 4 nitrogen and oxygen atoms in total. The van der Waals surface area contributed by atoms with E-state index in [4.69, 9.17) is 0 Å². The van der Waals surface area contributed by atoms with Crippen LogP contribution in [0.2, 0.25) is 0 Å². The molecule has 0 saturated carbocycles. The first kappa shape index (κ1) is 9.51. The van der Waals surface area contributed by atoms with Crippen LogP contribution in [0.3, 0.4) is 0 Å². The van der Waals surface area contributed by atoms with Crippen molar-refractivity contribution in [3.05, 3.63) is 23.8 Å². The van der Waals surface area contributed by atoms with Gasteiger partial charge in [-0.05, 0) is 13.0 Å². The van der Waals surface area contributed by atoms with Gasteiger partial charge in [-0.2, -0.15) is 0 Å². The summed E-state index contributed by atoms with van der Waals surface area (Å²) in [6.07, 6.45) is 4.70. The summed E-state index contributed by atoms with van der Waals surface area (Å²) in [6.45, 7) is 1.93. The number of nitrogens with zero attached hydrogens (tertiary/aromatic N) is 2. The van der Waals surface area contributed by atoms with Crippen LogP contribution >= 0.6 is 0 Å². The SMILES string of the molecule is COC(=O)C=Cc1ncn(C)c1C. The second-order valence-corrected chi connectivity index (χ2v) is 2.68. The number of carbonyl (C=O) groups is 1. The smallest absolute Gasteiger partial charge is 0.330 e. The lowest BCUT2D eigenvalue weighted by Gasteiger charge is -1.93. The van der Waals surface area contributed by atoms with Gasteiger partial charge in [0, 0.05) is 18.8 Å². The van der Waals surface area contributed by atoms with Crippen molar-refractivity contribution >= 4 is 12.0 Å². The van der Waals surface area contributed by atoms with Gasteiger partial charge in [0.25, 0.3) is 0 Å². The molecule has 0 aliphatic heterocycles. The molecule has 0 aromatic carbocycles. The largest absolute Gasteiger partial charge is 0.466 e. The number of aromatic nitrogens is 2. The fraction of sp³-hybridized carbons (Fsp3) is 0.333. The molecule has 0 unspecified atom stereocenters. The number of hydrogen-bond donors (Lipinski definition) is 0. The molecule has 1 aromatic heterocycles. The standard InChI is InChI=1S/C9H12N2O2/c1-7-8(10-6-11(7)2)4-5-9(12)13-3/h4-6H,1-3H3. The molecule has 0 amide bonds. The lowest BCUT2D eigenvalue weighted by molar-refractivity contribution is -0.134. The first-order valence-corrected chi connectivity index (χ1v) is 3.89. The zero-order valence-electron chi connectivity index (χ0n) is 7.94. The van der Waals surface area contributed by atoms with E-state index in [2.05, 4.69) is 9.72 Å². The lowest BCUT2D eigenvalue weighted by atomic mass is 10.3. The van der Waals surface area contributed by atoms with E-state index < -0.39 is 0 Å². The van der Waals surface area contributed by atoms with Gasteiger partial charge < -0.3 is 9.30 Å². The van der Waals surface area contributed by atoms with Gasteiger partial charge in [0.2, 0.25) is 0 Å². The predicted octanol–water partition coefficient (Wildman–Crippen LogP) is 0.915. The predicted molar refractivity (Wildman–Crippen MR) is 49.0 cm³/mol. The molecule has 0 N–H and O–H groups in total. The minimum Gasteiger partial charge on any atom is -0.466 e. The zero-order valence-corrected chi connectivity index (χ0v) is 7.94. The van der Waals surface area contributed by atoms with E-state index in [0.29, 0.717) is 0 Å². The highest BCUT2D eigenvalue weighted by atomic mass is 16.5. The molecule has 1 heterocycles. The Balaban J connectivity index is 2.80. The normalized spacial score (nSPS) is 10.7. The van der Waals surface area contributed by atoms with E-state index in [1.54, 1.807) is 12.4 Å². The second-order valence-electron chi connectivity index (χ2n) is 2.68. The maximum absolute atomic E-state index is 10.8. The van der Waals surface area contributed by atoms with Gasteiger partial charge in [-0.15, -0.1) is 0 Å². The van der Waals surface area contributed by atoms with Crippen LogP contribution in [0.15, 0.2) is 12.4 Å². The van der Waals surface area contributed by atoms with Crippen LogP contribution in [0.25, 0.3) is 6.08 Å².